The van der Waals surface area contributed by atoms with Gasteiger partial charge in [0.1, 0.15) is 0 Å². The quantitative estimate of drug-likeness (QED) is 0.740. The summed E-state index contributed by atoms with van der Waals surface area (Å²) in [5.41, 5.74) is 1.98. The first kappa shape index (κ1) is 13.8. The number of rotatable bonds is 0. The second kappa shape index (κ2) is 4.06. The fourth-order valence-corrected chi connectivity index (χ4v) is 7.37. The fraction of sp³-hybridized carbons (Fsp3) is 0.850. The van der Waals surface area contributed by atoms with E-state index >= 15 is 0 Å². The van der Waals surface area contributed by atoms with E-state index in [0.717, 1.165) is 42.9 Å². The Labute approximate surface area is 133 Å². The molecule has 0 saturated heterocycles. The number of hydrogen-bond donors (Lipinski definition) is 1. The van der Waals surface area contributed by atoms with E-state index in [-0.39, 0.29) is 16.9 Å². The molecule has 0 heterocycles. The van der Waals surface area contributed by atoms with Gasteiger partial charge < -0.3 is 5.11 Å². The van der Waals surface area contributed by atoms with Crippen molar-refractivity contribution < 1.29 is 9.90 Å². The van der Waals surface area contributed by atoms with Crippen LogP contribution < -0.4 is 0 Å². The number of hydrogen-bond acceptors (Lipinski definition) is 2. The summed E-state index contributed by atoms with van der Waals surface area (Å²) in [7, 11) is 0. The van der Waals surface area contributed by atoms with Crippen molar-refractivity contribution in [3.8, 4) is 0 Å². The van der Waals surface area contributed by atoms with Gasteiger partial charge in [0.05, 0.1) is 6.10 Å². The lowest BCUT2D eigenvalue weighted by molar-refractivity contribution is -0.118. The van der Waals surface area contributed by atoms with Gasteiger partial charge in [-0.25, -0.2) is 0 Å². The maximum atomic E-state index is 12.0. The molecule has 0 aromatic rings. The molecular formula is C20H28O2. The van der Waals surface area contributed by atoms with Crippen LogP contribution in [0.2, 0.25) is 0 Å². The monoisotopic (exact) mass is 300 g/mol. The second-order valence-electron chi connectivity index (χ2n) is 9.42. The van der Waals surface area contributed by atoms with E-state index in [1.54, 1.807) is 0 Å². The number of carbonyl (C=O) groups is 1. The number of aliphatic hydroxyl groups excluding tert-OH is 1. The molecule has 2 nitrogen and oxygen atoms in total. The second-order valence-corrected chi connectivity index (χ2v) is 9.42. The Morgan fingerprint density at radius 2 is 1.95 bits per heavy atom. The van der Waals surface area contributed by atoms with Crippen molar-refractivity contribution in [1.29, 1.82) is 0 Å². The molecule has 0 spiro atoms. The molecular weight excluding hydrogens is 272 g/mol. The Kier molecular flexibility index (Phi) is 2.54. The van der Waals surface area contributed by atoms with E-state index in [1.807, 2.05) is 6.08 Å². The molecule has 0 aliphatic heterocycles. The predicted octanol–water partition coefficient (Wildman–Crippen LogP) is 3.74. The van der Waals surface area contributed by atoms with Crippen LogP contribution in [0.15, 0.2) is 11.6 Å². The molecule has 0 bridgehead atoms. The van der Waals surface area contributed by atoms with Gasteiger partial charge in [0.15, 0.2) is 5.78 Å². The van der Waals surface area contributed by atoms with E-state index in [1.165, 1.54) is 31.3 Å². The minimum Gasteiger partial charge on any atom is -0.393 e. The molecule has 4 saturated carbocycles. The molecule has 4 fully saturated rings. The lowest BCUT2D eigenvalue weighted by Crippen LogP contribution is -2.52. The lowest BCUT2D eigenvalue weighted by Gasteiger charge is -2.57. The zero-order valence-corrected chi connectivity index (χ0v) is 13.8. The number of allylic oxidation sites excluding steroid dienone is 1. The van der Waals surface area contributed by atoms with E-state index in [2.05, 4.69) is 13.8 Å². The first-order valence-corrected chi connectivity index (χ1v) is 9.38. The summed E-state index contributed by atoms with van der Waals surface area (Å²) < 4.78 is 0. The first-order valence-electron chi connectivity index (χ1n) is 9.38. The molecule has 0 amide bonds. The Balaban J connectivity index is 1.58. The van der Waals surface area contributed by atoms with Crippen LogP contribution in [0, 0.1) is 40.4 Å². The molecule has 5 aliphatic carbocycles. The van der Waals surface area contributed by atoms with Gasteiger partial charge >= 0.3 is 0 Å². The van der Waals surface area contributed by atoms with Crippen LogP contribution in [-0.4, -0.2) is 17.0 Å². The van der Waals surface area contributed by atoms with Gasteiger partial charge in [-0.15, -0.1) is 0 Å². The van der Waals surface area contributed by atoms with Crippen LogP contribution in [0.4, 0.5) is 0 Å². The van der Waals surface area contributed by atoms with Crippen LogP contribution in [0.3, 0.4) is 0 Å². The summed E-state index contributed by atoms with van der Waals surface area (Å²) in [6.45, 7) is 4.83. The van der Waals surface area contributed by atoms with Crippen molar-refractivity contribution >= 4 is 5.78 Å². The van der Waals surface area contributed by atoms with Crippen molar-refractivity contribution in [2.24, 2.45) is 40.4 Å². The van der Waals surface area contributed by atoms with Gasteiger partial charge in [-0.3, -0.25) is 4.79 Å². The van der Waals surface area contributed by atoms with E-state index in [0.29, 0.717) is 11.7 Å². The Morgan fingerprint density at radius 3 is 2.77 bits per heavy atom. The highest BCUT2D eigenvalue weighted by Crippen LogP contribution is 2.73. The number of ketones is 1. The van der Waals surface area contributed by atoms with Crippen molar-refractivity contribution in [3.05, 3.63) is 11.6 Å². The van der Waals surface area contributed by atoms with Gasteiger partial charge in [0.2, 0.25) is 0 Å². The highest BCUT2D eigenvalue weighted by molar-refractivity contribution is 5.92. The molecule has 0 radical (unpaired) electrons. The Morgan fingerprint density at radius 1 is 1.14 bits per heavy atom. The van der Waals surface area contributed by atoms with E-state index in [4.69, 9.17) is 0 Å². The third kappa shape index (κ3) is 1.48. The van der Waals surface area contributed by atoms with Crippen molar-refractivity contribution in [2.75, 3.05) is 0 Å². The lowest BCUT2D eigenvalue weighted by atomic mass is 9.47. The highest BCUT2D eigenvalue weighted by Gasteiger charge is 2.67. The summed E-state index contributed by atoms with van der Waals surface area (Å²) >= 11 is 0. The molecule has 5 rings (SSSR count). The Bertz CT molecular complexity index is 578. The fourth-order valence-electron chi connectivity index (χ4n) is 7.37. The normalized spacial score (nSPS) is 59.0. The molecule has 5 aliphatic rings. The van der Waals surface area contributed by atoms with Gasteiger partial charge in [-0.05, 0) is 85.0 Å². The van der Waals surface area contributed by atoms with Crippen LogP contribution in [0.25, 0.3) is 0 Å². The molecule has 22 heavy (non-hydrogen) atoms. The smallest absolute Gasteiger partial charge is 0.155 e. The van der Waals surface area contributed by atoms with Crippen LogP contribution in [-0.2, 0) is 4.79 Å². The highest BCUT2D eigenvalue weighted by atomic mass is 16.3. The Hall–Kier alpha value is -0.630. The zero-order chi connectivity index (χ0) is 15.3. The van der Waals surface area contributed by atoms with Crippen molar-refractivity contribution in [3.63, 3.8) is 0 Å². The first-order chi connectivity index (χ1) is 10.4. The topological polar surface area (TPSA) is 37.3 Å². The summed E-state index contributed by atoms with van der Waals surface area (Å²) in [6.07, 6.45) is 9.82. The minimum atomic E-state index is -0.0756. The van der Waals surface area contributed by atoms with Gasteiger partial charge in [-0.2, -0.15) is 0 Å². The molecule has 2 heteroatoms. The number of fused-ring (bicyclic) bond motifs is 8. The van der Waals surface area contributed by atoms with E-state index < -0.39 is 0 Å². The van der Waals surface area contributed by atoms with Crippen LogP contribution in [0.1, 0.15) is 58.8 Å². The maximum Gasteiger partial charge on any atom is 0.155 e. The largest absolute Gasteiger partial charge is 0.393 e. The van der Waals surface area contributed by atoms with Gasteiger partial charge in [0.25, 0.3) is 0 Å². The SMILES string of the molecule is C[C@]12CCC(=O)C=C1C1CC1[C@@H]1[C@@H]2CC[C@]2(C)C(O)CC[C@@H]12. The summed E-state index contributed by atoms with van der Waals surface area (Å²) in [5.74, 6) is 4.21. The molecule has 0 aromatic carbocycles. The molecule has 1 N–H and O–H groups in total. The average molecular weight is 300 g/mol. The average Bonchev–Trinajstić information content (AvgIpc) is 3.22. The zero-order valence-electron chi connectivity index (χ0n) is 13.8. The van der Waals surface area contributed by atoms with Gasteiger partial charge in [-0.1, -0.05) is 19.4 Å². The summed E-state index contributed by atoms with van der Waals surface area (Å²) in [4.78, 5) is 12.0. The molecule has 0 aromatic heterocycles. The standard InChI is InChI=1S/C20H28O2/c1-19-7-5-11(21)9-16(19)12-10-13(12)18-14-3-4-17(22)20(14,2)8-6-15(18)19/h9,12-15,17-18,22H,3-8,10H2,1-2H3/t12?,13?,14-,15-,17?,18-,19+,20-/m0/s1. The van der Waals surface area contributed by atoms with Crippen LogP contribution in [0.5, 0.6) is 0 Å². The number of aliphatic hydroxyl groups is 1. The van der Waals surface area contributed by atoms with Crippen LogP contribution >= 0.6 is 0 Å². The summed E-state index contributed by atoms with van der Waals surface area (Å²) in [5, 5.41) is 10.5. The number of carbonyl (C=O) groups excluding carboxylic acids is 1. The van der Waals surface area contributed by atoms with Crippen molar-refractivity contribution in [2.45, 2.75) is 64.9 Å². The van der Waals surface area contributed by atoms with Gasteiger partial charge in [0, 0.05) is 6.42 Å². The molecule has 120 valence electrons. The molecule has 8 atom stereocenters. The maximum absolute atomic E-state index is 12.0. The molecule has 3 unspecified atom stereocenters. The third-order valence-electron chi connectivity index (χ3n) is 8.70. The minimum absolute atomic E-state index is 0.0756. The summed E-state index contributed by atoms with van der Waals surface area (Å²) in [6, 6.07) is 0. The van der Waals surface area contributed by atoms with E-state index in [9.17, 15) is 9.90 Å². The van der Waals surface area contributed by atoms with Crippen molar-refractivity contribution in [1.82, 2.24) is 0 Å². The third-order valence-corrected chi connectivity index (χ3v) is 8.70. The predicted molar refractivity (Wildman–Crippen MR) is 85.1 cm³/mol.